The van der Waals surface area contributed by atoms with Gasteiger partial charge in [0.05, 0.1) is 12.6 Å². The highest BCUT2D eigenvalue weighted by Gasteiger charge is 2.41. The van der Waals surface area contributed by atoms with Crippen molar-refractivity contribution in [3.63, 3.8) is 0 Å². The Balaban J connectivity index is 1.68. The third-order valence-corrected chi connectivity index (χ3v) is 6.22. The highest BCUT2D eigenvalue weighted by atomic mass is 16.5. The van der Waals surface area contributed by atoms with Crippen LogP contribution in [0.4, 0.5) is 0 Å². The van der Waals surface area contributed by atoms with Gasteiger partial charge in [0, 0.05) is 30.2 Å². The fourth-order valence-electron chi connectivity index (χ4n) is 4.79. The van der Waals surface area contributed by atoms with Gasteiger partial charge in [-0.25, -0.2) is 0 Å². The van der Waals surface area contributed by atoms with E-state index < -0.39 is 0 Å². The molecule has 0 saturated carbocycles. The van der Waals surface area contributed by atoms with Gasteiger partial charge in [-0.1, -0.05) is 13.3 Å². The summed E-state index contributed by atoms with van der Waals surface area (Å²) in [7, 11) is 1.70. The molecule has 1 aromatic carbocycles. The molecule has 4 nitrogen and oxygen atoms in total. The normalized spacial score (nSPS) is 30.5. The lowest BCUT2D eigenvalue weighted by atomic mass is 9.72. The molecule has 0 spiro atoms. The third-order valence-electron chi connectivity index (χ3n) is 6.22. The first-order valence-corrected chi connectivity index (χ1v) is 9.13. The van der Waals surface area contributed by atoms with E-state index in [1.807, 2.05) is 18.3 Å². The number of hydrogen-bond donors (Lipinski definition) is 1. The van der Waals surface area contributed by atoms with Crippen molar-refractivity contribution in [2.24, 2.45) is 17.6 Å². The van der Waals surface area contributed by atoms with Gasteiger partial charge in [0.15, 0.2) is 0 Å². The second-order valence-electron chi connectivity index (χ2n) is 7.32. The molecular formula is C20H27N3O. The summed E-state index contributed by atoms with van der Waals surface area (Å²) in [5.41, 5.74) is 8.98. The molecule has 3 aliphatic heterocycles. The number of ether oxygens (including phenoxy) is 1. The van der Waals surface area contributed by atoms with Crippen LogP contribution in [0, 0.1) is 11.8 Å². The van der Waals surface area contributed by atoms with E-state index in [9.17, 15) is 0 Å². The third kappa shape index (κ3) is 2.58. The second kappa shape index (κ2) is 6.34. The van der Waals surface area contributed by atoms with Crippen LogP contribution in [0.2, 0.25) is 0 Å². The maximum atomic E-state index is 6.79. The van der Waals surface area contributed by atoms with E-state index in [0.29, 0.717) is 6.04 Å². The summed E-state index contributed by atoms with van der Waals surface area (Å²) in [6, 6.07) is 8.62. The van der Waals surface area contributed by atoms with Crippen LogP contribution in [0.25, 0.3) is 10.9 Å². The van der Waals surface area contributed by atoms with E-state index in [4.69, 9.17) is 10.5 Å². The van der Waals surface area contributed by atoms with Gasteiger partial charge in [-0.05, 0) is 61.1 Å². The molecule has 5 rings (SSSR count). The maximum absolute atomic E-state index is 6.79. The molecule has 4 heteroatoms. The molecule has 4 heterocycles. The zero-order chi connectivity index (χ0) is 16.7. The fraction of sp³-hybridized carbons (Fsp3) is 0.550. The number of aromatic nitrogens is 1. The van der Waals surface area contributed by atoms with Crippen LogP contribution in [0.3, 0.4) is 0 Å². The lowest BCUT2D eigenvalue weighted by Gasteiger charge is -2.51. The van der Waals surface area contributed by atoms with Gasteiger partial charge in [0.25, 0.3) is 0 Å². The molecule has 0 amide bonds. The van der Waals surface area contributed by atoms with Crippen LogP contribution < -0.4 is 10.5 Å². The van der Waals surface area contributed by atoms with Crippen molar-refractivity contribution in [3.05, 3.63) is 36.0 Å². The average Bonchev–Trinajstić information content (AvgIpc) is 2.66. The van der Waals surface area contributed by atoms with Gasteiger partial charge in [0.1, 0.15) is 5.75 Å². The zero-order valence-corrected chi connectivity index (χ0v) is 14.6. The number of fused-ring (bicyclic) bond motifs is 4. The van der Waals surface area contributed by atoms with E-state index in [0.717, 1.165) is 28.5 Å². The highest BCUT2D eigenvalue weighted by Crippen LogP contribution is 2.42. The predicted octanol–water partition coefficient (Wildman–Crippen LogP) is 3.36. The Morgan fingerprint density at radius 3 is 2.96 bits per heavy atom. The number of pyridine rings is 1. The predicted molar refractivity (Wildman–Crippen MR) is 97.1 cm³/mol. The molecule has 24 heavy (non-hydrogen) atoms. The average molecular weight is 325 g/mol. The Labute approximate surface area is 144 Å². The number of benzene rings is 1. The summed E-state index contributed by atoms with van der Waals surface area (Å²) < 4.78 is 5.40. The topological polar surface area (TPSA) is 51.4 Å². The number of rotatable bonds is 4. The molecular weight excluding hydrogens is 298 g/mol. The molecule has 5 atom stereocenters. The largest absolute Gasteiger partial charge is 0.497 e. The standard InChI is InChI=1S/C20H27N3O/c1-3-13-12-23-9-7-14(13)10-19(23)20(21)16-6-8-22-18-5-4-15(24-2)11-17(16)18/h4-6,8,11,13-14,19-20H,3,7,9-10,12,21H2,1-2H3/t13-,14+,19-,20-/m1/s1. The maximum Gasteiger partial charge on any atom is 0.119 e. The number of piperidine rings is 3. The summed E-state index contributed by atoms with van der Waals surface area (Å²) in [6.45, 7) is 4.74. The van der Waals surface area contributed by atoms with E-state index in [1.165, 1.54) is 37.9 Å². The van der Waals surface area contributed by atoms with Crippen molar-refractivity contribution < 1.29 is 4.74 Å². The lowest BCUT2D eigenvalue weighted by Crippen LogP contribution is -2.56. The molecule has 3 fully saturated rings. The van der Waals surface area contributed by atoms with Crippen LogP contribution in [-0.4, -0.2) is 36.1 Å². The monoisotopic (exact) mass is 325 g/mol. The summed E-state index contributed by atoms with van der Waals surface area (Å²) in [6.07, 6.45) is 5.74. The van der Waals surface area contributed by atoms with Gasteiger partial charge in [-0.2, -0.15) is 0 Å². The summed E-state index contributed by atoms with van der Waals surface area (Å²) in [5.74, 6) is 2.57. The Morgan fingerprint density at radius 1 is 1.38 bits per heavy atom. The smallest absolute Gasteiger partial charge is 0.119 e. The van der Waals surface area contributed by atoms with Gasteiger partial charge in [0.2, 0.25) is 0 Å². The molecule has 2 aromatic rings. The zero-order valence-electron chi connectivity index (χ0n) is 14.6. The molecule has 0 radical (unpaired) electrons. The molecule has 1 aromatic heterocycles. The van der Waals surface area contributed by atoms with Crippen molar-refractivity contribution in [2.75, 3.05) is 20.2 Å². The van der Waals surface area contributed by atoms with Crippen molar-refractivity contribution >= 4 is 10.9 Å². The lowest BCUT2D eigenvalue weighted by molar-refractivity contribution is -0.0105. The number of nitrogens with zero attached hydrogens (tertiary/aromatic N) is 2. The van der Waals surface area contributed by atoms with Crippen LogP contribution in [0.5, 0.6) is 5.75 Å². The fourth-order valence-corrected chi connectivity index (χ4v) is 4.79. The van der Waals surface area contributed by atoms with E-state index in [1.54, 1.807) is 7.11 Å². The van der Waals surface area contributed by atoms with Crippen molar-refractivity contribution in [1.29, 1.82) is 0 Å². The molecule has 0 aliphatic carbocycles. The summed E-state index contributed by atoms with van der Waals surface area (Å²) in [4.78, 5) is 7.12. The first kappa shape index (κ1) is 15.9. The number of hydrogen-bond acceptors (Lipinski definition) is 4. The van der Waals surface area contributed by atoms with Crippen LogP contribution in [-0.2, 0) is 0 Å². The van der Waals surface area contributed by atoms with E-state index in [2.05, 4.69) is 28.9 Å². The SMILES string of the molecule is CC[C@@H]1CN2CC[C@H]1C[C@@H]2[C@H](N)c1ccnc2ccc(OC)cc12. The van der Waals surface area contributed by atoms with Gasteiger partial charge in [-0.3, -0.25) is 9.88 Å². The van der Waals surface area contributed by atoms with Crippen molar-refractivity contribution in [1.82, 2.24) is 9.88 Å². The molecule has 1 unspecified atom stereocenters. The van der Waals surface area contributed by atoms with E-state index >= 15 is 0 Å². The number of nitrogens with two attached hydrogens (primary N) is 1. The Kier molecular flexibility index (Phi) is 4.19. The minimum Gasteiger partial charge on any atom is -0.497 e. The second-order valence-corrected chi connectivity index (χ2v) is 7.32. The quantitative estimate of drug-likeness (QED) is 0.936. The molecule has 128 valence electrons. The van der Waals surface area contributed by atoms with Gasteiger partial charge < -0.3 is 10.5 Å². The first-order valence-electron chi connectivity index (χ1n) is 9.13. The van der Waals surface area contributed by atoms with Crippen LogP contribution in [0.1, 0.15) is 37.8 Å². The molecule has 3 aliphatic rings. The Hall–Kier alpha value is -1.65. The Bertz CT molecular complexity index is 732. The number of methoxy groups -OCH3 is 1. The summed E-state index contributed by atoms with van der Waals surface area (Å²) >= 11 is 0. The molecule has 2 N–H and O–H groups in total. The van der Waals surface area contributed by atoms with E-state index in [-0.39, 0.29) is 6.04 Å². The first-order chi connectivity index (χ1) is 11.7. The Morgan fingerprint density at radius 2 is 2.25 bits per heavy atom. The van der Waals surface area contributed by atoms with Gasteiger partial charge in [-0.15, -0.1) is 0 Å². The van der Waals surface area contributed by atoms with Crippen LogP contribution >= 0.6 is 0 Å². The molecule has 3 saturated heterocycles. The minimum atomic E-state index is 0.0308. The molecule has 2 bridgehead atoms. The van der Waals surface area contributed by atoms with Crippen molar-refractivity contribution in [2.45, 2.75) is 38.3 Å². The summed E-state index contributed by atoms with van der Waals surface area (Å²) in [5, 5.41) is 1.12. The van der Waals surface area contributed by atoms with Crippen molar-refractivity contribution in [3.8, 4) is 5.75 Å². The highest BCUT2D eigenvalue weighted by molar-refractivity contribution is 5.84. The van der Waals surface area contributed by atoms with Crippen LogP contribution in [0.15, 0.2) is 30.5 Å². The minimum absolute atomic E-state index is 0.0308. The van der Waals surface area contributed by atoms with Gasteiger partial charge >= 0.3 is 0 Å².